The van der Waals surface area contributed by atoms with Crippen LogP contribution in [0.4, 0.5) is 5.82 Å². The van der Waals surface area contributed by atoms with Crippen LogP contribution in [0, 0.1) is 0 Å². The molecule has 1 aliphatic carbocycles. The van der Waals surface area contributed by atoms with Gasteiger partial charge in [0, 0.05) is 18.8 Å². The summed E-state index contributed by atoms with van der Waals surface area (Å²) in [5, 5.41) is 9.16. The largest absolute Gasteiger partial charge is 0.478 e. The number of anilines is 1. The first-order valence-electron chi connectivity index (χ1n) is 6.47. The van der Waals surface area contributed by atoms with Gasteiger partial charge in [0.25, 0.3) is 0 Å². The zero-order valence-electron chi connectivity index (χ0n) is 11.2. The highest BCUT2D eigenvalue weighted by Crippen LogP contribution is 2.28. The number of rotatable bonds is 4. The Bertz CT molecular complexity index is 453. The molecule has 98 valence electrons. The Hall–Kier alpha value is -1.58. The molecule has 0 bridgehead atoms. The molecule has 4 nitrogen and oxygen atoms in total. The minimum atomic E-state index is -0.887. The van der Waals surface area contributed by atoms with E-state index < -0.39 is 5.97 Å². The van der Waals surface area contributed by atoms with Crippen LogP contribution < -0.4 is 4.90 Å². The van der Waals surface area contributed by atoms with Crippen molar-refractivity contribution in [1.29, 1.82) is 0 Å². The normalized spacial score (nSPS) is 15.6. The average molecular weight is 248 g/mol. The summed E-state index contributed by atoms with van der Waals surface area (Å²) >= 11 is 0. The van der Waals surface area contributed by atoms with Gasteiger partial charge in [0.1, 0.15) is 5.82 Å². The lowest BCUT2D eigenvalue weighted by Crippen LogP contribution is -2.37. The highest BCUT2D eigenvalue weighted by atomic mass is 16.4. The van der Waals surface area contributed by atoms with E-state index in [0.29, 0.717) is 11.6 Å². The molecule has 0 radical (unpaired) electrons. The summed E-state index contributed by atoms with van der Waals surface area (Å²) in [7, 11) is 2.00. The summed E-state index contributed by atoms with van der Waals surface area (Å²) in [5.41, 5.74) is 1.17. The van der Waals surface area contributed by atoms with Crippen LogP contribution in [0.15, 0.2) is 12.1 Å². The summed E-state index contributed by atoms with van der Waals surface area (Å²) in [6.07, 6.45) is 3.60. The molecule has 1 aliphatic rings. The molecule has 0 saturated heterocycles. The first-order valence-corrected chi connectivity index (χ1v) is 6.47. The summed E-state index contributed by atoms with van der Waals surface area (Å²) in [5.74, 6) is 0.128. The van der Waals surface area contributed by atoms with Gasteiger partial charge in [-0.1, -0.05) is 13.8 Å². The fourth-order valence-electron chi connectivity index (χ4n) is 2.10. The Morgan fingerprint density at radius 1 is 1.44 bits per heavy atom. The molecule has 1 aromatic heterocycles. The lowest BCUT2D eigenvalue weighted by atomic mass is 9.92. The minimum Gasteiger partial charge on any atom is -0.478 e. The highest BCUT2D eigenvalue weighted by molar-refractivity contribution is 5.88. The van der Waals surface area contributed by atoms with Crippen molar-refractivity contribution in [3.63, 3.8) is 0 Å². The molecule has 18 heavy (non-hydrogen) atoms. The van der Waals surface area contributed by atoms with Gasteiger partial charge in [0.15, 0.2) is 0 Å². The number of carboxylic acid groups (broad SMARTS) is 1. The average Bonchev–Trinajstić information content (AvgIpc) is 2.25. The van der Waals surface area contributed by atoms with E-state index in [1.165, 1.54) is 19.3 Å². The van der Waals surface area contributed by atoms with Crippen molar-refractivity contribution >= 4 is 11.8 Å². The number of carbonyl (C=O) groups is 1. The maximum Gasteiger partial charge on any atom is 0.335 e. The molecular weight excluding hydrogens is 228 g/mol. The van der Waals surface area contributed by atoms with Gasteiger partial charge in [-0.3, -0.25) is 0 Å². The minimum absolute atomic E-state index is 0.234. The SMILES string of the molecule is CC(C)c1cc(C(=O)O)cc(N(C)C2CCC2)n1. The molecule has 0 unspecified atom stereocenters. The van der Waals surface area contributed by atoms with Gasteiger partial charge in [0.05, 0.1) is 5.56 Å². The van der Waals surface area contributed by atoms with Crippen molar-refractivity contribution < 1.29 is 9.90 Å². The van der Waals surface area contributed by atoms with Crippen molar-refractivity contribution in [2.45, 2.75) is 45.1 Å². The van der Waals surface area contributed by atoms with Crippen LogP contribution in [0.2, 0.25) is 0 Å². The lowest BCUT2D eigenvalue weighted by Gasteiger charge is -2.35. The summed E-state index contributed by atoms with van der Waals surface area (Å²) in [6, 6.07) is 3.86. The van der Waals surface area contributed by atoms with E-state index in [2.05, 4.69) is 9.88 Å². The van der Waals surface area contributed by atoms with Crippen molar-refractivity contribution in [1.82, 2.24) is 4.98 Å². The third kappa shape index (κ3) is 2.47. The van der Waals surface area contributed by atoms with Crippen LogP contribution >= 0.6 is 0 Å². The molecule has 1 saturated carbocycles. The van der Waals surface area contributed by atoms with E-state index in [1.807, 2.05) is 20.9 Å². The van der Waals surface area contributed by atoms with E-state index in [4.69, 9.17) is 5.11 Å². The Morgan fingerprint density at radius 2 is 2.11 bits per heavy atom. The van der Waals surface area contributed by atoms with Crippen molar-refractivity contribution in [3.8, 4) is 0 Å². The summed E-state index contributed by atoms with van der Waals surface area (Å²) in [6.45, 7) is 4.06. The number of hydrogen-bond donors (Lipinski definition) is 1. The van der Waals surface area contributed by atoms with Crippen LogP contribution in [0.1, 0.15) is 55.1 Å². The number of pyridine rings is 1. The van der Waals surface area contributed by atoms with E-state index in [9.17, 15) is 4.79 Å². The number of hydrogen-bond acceptors (Lipinski definition) is 3. The van der Waals surface area contributed by atoms with Crippen LogP contribution in [-0.2, 0) is 0 Å². The highest BCUT2D eigenvalue weighted by Gasteiger charge is 2.24. The second-order valence-electron chi connectivity index (χ2n) is 5.29. The maximum atomic E-state index is 11.2. The second-order valence-corrected chi connectivity index (χ2v) is 5.29. The third-order valence-electron chi connectivity index (χ3n) is 3.65. The summed E-state index contributed by atoms with van der Waals surface area (Å²) < 4.78 is 0. The van der Waals surface area contributed by atoms with Crippen molar-refractivity contribution in [2.75, 3.05) is 11.9 Å². The molecule has 0 atom stereocenters. The maximum absolute atomic E-state index is 11.2. The standard InChI is InChI=1S/C14H20N2O2/c1-9(2)12-7-10(14(17)18)8-13(15-12)16(3)11-5-4-6-11/h7-9,11H,4-6H2,1-3H3,(H,17,18). The molecule has 1 aromatic rings. The van der Waals surface area contributed by atoms with E-state index in [-0.39, 0.29) is 5.92 Å². The number of aromatic nitrogens is 1. The van der Waals surface area contributed by atoms with E-state index >= 15 is 0 Å². The van der Waals surface area contributed by atoms with Crippen LogP contribution in [0.25, 0.3) is 0 Å². The Balaban J connectivity index is 2.35. The topological polar surface area (TPSA) is 53.4 Å². The molecule has 2 rings (SSSR count). The molecule has 0 spiro atoms. The molecule has 0 aliphatic heterocycles. The lowest BCUT2D eigenvalue weighted by molar-refractivity contribution is 0.0696. The zero-order valence-corrected chi connectivity index (χ0v) is 11.2. The molecule has 0 amide bonds. The molecule has 1 heterocycles. The van der Waals surface area contributed by atoms with Gasteiger partial charge in [-0.05, 0) is 37.3 Å². The fourth-order valence-corrected chi connectivity index (χ4v) is 2.10. The predicted octanol–water partition coefficient (Wildman–Crippen LogP) is 2.89. The predicted molar refractivity (Wildman–Crippen MR) is 71.3 cm³/mol. The fraction of sp³-hybridized carbons (Fsp3) is 0.571. The monoisotopic (exact) mass is 248 g/mol. The zero-order chi connectivity index (χ0) is 13.3. The van der Waals surface area contributed by atoms with Crippen LogP contribution in [-0.4, -0.2) is 29.1 Å². The van der Waals surface area contributed by atoms with Gasteiger partial charge in [-0.2, -0.15) is 0 Å². The number of nitrogens with zero attached hydrogens (tertiary/aromatic N) is 2. The molecule has 4 heteroatoms. The molecule has 1 fully saturated rings. The molecular formula is C14H20N2O2. The van der Waals surface area contributed by atoms with E-state index in [1.54, 1.807) is 12.1 Å². The Morgan fingerprint density at radius 3 is 2.56 bits per heavy atom. The van der Waals surface area contributed by atoms with Gasteiger partial charge >= 0.3 is 5.97 Å². The first-order chi connectivity index (χ1) is 8.49. The number of aromatic carboxylic acids is 1. The number of carboxylic acids is 1. The van der Waals surface area contributed by atoms with Gasteiger partial charge in [-0.15, -0.1) is 0 Å². The first kappa shape index (κ1) is 12.9. The van der Waals surface area contributed by atoms with Crippen LogP contribution in [0.5, 0.6) is 0 Å². The molecule has 0 aromatic carbocycles. The molecule has 1 N–H and O–H groups in total. The Labute approximate surface area is 108 Å². The smallest absolute Gasteiger partial charge is 0.335 e. The quantitative estimate of drug-likeness (QED) is 0.890. The van der Waals surface area contributed by atoms with Gasteiger partial charge < -0.3 is 10.0 Å². The van der Waals surface area contributed by atoms with Crippen LogP contribution in [0.3, 0.4) is 0 Å². The van der Waals surface area contributed by atoms with Crippen molar-refractivity contribution in [2.24, 2.45) is 0 Å². The van der Waals surface area contributed by atoms with Gasteiger partial charge in [0.2, 0.25) is 0 Å². The third-order valence-corrected chi connectivity index (χ3v) is 3.65. The van der Waals surface area contributed by atoms with Gasteiger partial charge in [-0.25, -0.2) is 9.78 Å². The van der Waals surface area contributed by atoms with E-state index in [0.717, 1.165) is 11.5 Å². The second kappa shape index (κ2) is 4.96. The Kier molecular flexibility index (Phi) is 3.55. The van der Waals surface area contributed by atoms with Crippen molar-refractivity contribution in [3.05, 3.63) is 23.4 Å². The summed E-state index contributed by atoms with van der Waals surface area (Å²) in [4.78, 5) is 17.9.